The molecular weight excluding hydrogens is 277 g/mol. The topological polar surface area (TPSA) is 87.8 Å². The molecule has 6 nitrogen and oxygen atoms in total. The summed E-state index contributed by atoms with van der Waals surface area (Å²) in [4.78, 5) is 13.8. The summed E-state index contributed by atoms with van der Waals surface area (Å²) in [6.07, 6.45) is 0.251. The van der Waals surface area contributed by atoms with Crippen molar-refractivity contribution in [3.8, 4) is 0 Å². The third-order valence-electron chi connectivity index (χ3n) is 2.97. The van der Waals surface area contributed by atoms with Crippen molar-refractivity contribution in [2.45, 2.75) is 6.42 Å². The van der Waals surface area contributed by atoms with Gasteiger partial charge in [-0.3, -0.25) is 9.69 Å². The Morgan fingerprint density at radius 2 is 2.19 bits per heavy atom. The van der Waals surface area contributed by atoms with Gasteiger partial charge in [-0.2, -0.15) is 0 Å². The molecular formula is C14H22FN3O3. The second-order valence-corrected chi connectivity index (χ2v) is 4.59. The maximum absolute atomic E-state index is 12.9. The van der Waals surface area contributed by atoms with Crippen LogP contribution in [0.1, 0.15) is 6.42 Å². The molecule has 0 saturated heterocycles. The van der Waals surface area contributed by atoms with Crippen LogP contribution in [0.2, 0.25) is 0 Å². The number of rotatable bonds is 9. The zero-order chi connectivity index (χ0) is 15.7. The van der Waals surface area contributed by atoms with Crippen molar-refractivity contribution in [3.63, 3.8) is 0 Å². The van der Waals surface area contributed by atoms with Gasteiger partial charge in [-0.15, -0.1) is 0 Å². The van der Waals surface area contributed by atoms with Gasteiger partial charge in [0.1, 0.15) is 5.82 Å². The average Bonchev–Trinajstić information content (AvgIpc) is 2.45. The van der Waals surface area contributed by atoms with Gasteiger partial charge in [-0.05, 0) is 18.2 Å². The summed E-state index contributed by atoms with van der Waals surface area (Å²) in [5, 5.41) is 11.6. The molecule has 7 heteroatoms. The molecule has 0 aliphatic carbocycles. The van der Waals surface area contributed by atoms with Crippen molar-refractivity contribution >= 4 is 17.3 Å². The normalized spacial score (nSPS) is 10.9. The van der Waals surface area contributed by atoms with Gasteiger partial charge in [0.05, 0.1) is 24.6 Å². The first-order valence-corrected chi connectivity index (χ1v) is 6.74. The smallest absolute Gasteiger partial charge is 0.225 e. The van der Waals surface area contributed by atoms with Crippen molar-refractivity contribution < 1.29 is 19.0 Å². The predicted molar refractivity (Wildman–Crippen MR) is 79.5 cm³/mol. The lowest BCUT2D eigenvalue weighted by Crippen LogP contribution is -2.33. The molecule has 1 amide bonds. The number of aliphatic hydroxyl groups excluding tert-OH is 1. The van der Waals surface area contributed by atoms with Crippen LogP contribution < -0.4 is 11.1 Å². The van der Waals surface area contributed by atoms with Gasteiger partial charge in [0.25, 0.3) is 0 Å². The number of nitrogen functional groups attached to an aromatic ring is 1. The predicted octanol–water partition coefficient (Wildman–Crippen LogP) is 0.677. The number of carbonyl (C=O) groups excluding carboxylic acids is 1. The van der Waals surface area contributed by atoms with Gasteiger partial charge >= 0.3 is 0 Å². The molecule has 0 saturated carbocycles. The van der Waals surface area contributed by atoms with Gasteiger partial charge in [-0.25, -0.2) is 4.39 Å². The second-order valence-electron chi connectivity index (χ2n) is 4.59. The molecule has 1 rings (SSSR count). The molecule has 0 unspecified atom stereocenters. The zero-order valence-corrected chi connectivity index (χ0v) is 12.1. The van der Waals surface area contributed by atoms with Crippen LogP contribution >= 0.6 is 0 Å². The van der Waals surface area contributed by atoms with Crippen molar-refractivity contribution in [1.29, 1.82) is 0 Å². The number of ether oxygens (including phenoxy) is 1. The fourth-order valence-corrected chi connectivity index (χ4v) is 1.82. The van der Waals surface area contributed by atoms with Crippen LogP contribution in [0.5, 0.6) is 0 Å². The van der Waals surface area contributed by atoms with E-state index in [1.165, 1.54) is 12.1 Å². The first kappa shape index (κ1) is 17.4. The SMILES string of the molecule is COCCN(CCO)CCC(=O)Nc1ccc(F)cc1N. The highest BCUT2D eigenvalue weighted by Crippen LogP contribution is 2.19. The summed E-state index contributed by atoms with van der Waals surface area (Å²) in [7, 11) is 1.60. The van der Waals surface area contributed by atoms with E-state index in [-0.39, 0.29) is 24.6 Å². The molecule has 4 N–H and O–H groups in total. The average molecular weight is 299 g/mol. The molecule has 0 aliphatic rings. The molecule has 1 aromatic rings. The van der Waals surface area contributed by atoms with Crippen LogP contribution in [0.15, 0.2) is 18.2 Å². The summed E-state index contributed by atoms with van der Waals surface area (Å²) in [5.74, 6) is -0.659. The van der Waals surface area contributed by atoms with E-state index in [1.807, 2.05) is 4.90 Å². The molecule has 0 atom stereocenters. The zero-order valence-electron chi connectivity index (χ0n) is 12.1. The first-order valence-electron chi connectivity index (χ1n) is 6.74. The molecule has 0 bridgehead atoms. The van der Waals surface area contributed by atoms with Crippen molar-refractivity contribution in [1.82, 2.24) is 4.90 Å². The van der Waals surface area contributed by atoms with Crippen molar-refractivity contribution in [2.75, 3.05) is 51.0 Å². The number of carbonyl (C=O) groups is 1. The van der Waals surface area contributed by atoms with Crippen LogP contribution in [0.25, 0.3) is 0 Å². The molecule has 0 aliphatic heterocycles. The van der Waals surface area contributed by atoms with Gasteiger partial charge in [0.2, 0.25) is 5.91 Å². The van der Waals surface area contributed by atoms with E-state index >= 15 is 0 Å². The summed E-state index contributed by atoms with van der Waals surface area (Å²) in [6, 6.07) is 3.83. The van der Waals surface area contributed by atoms with Crippen LogP contribution in [-0.4, -0.2) is 55.9 Å². The molecule has 118 valence electrons. The van der Waals surface area contributed by atoms with E-state index < -0.39 is 5.82 Å². The van der Waals surface area contributed by atoms with Gasteiger partial charge in [0.15, 0.2) is 0 Å². The minimum absolute atomic E-state index is 0.0241. The van der Waals surface area contributed by atoms with Gasteiger partial charge in [-0.1, -0.05) is 0 Å². The lowest BCUT2D eigenvalue weighted by atomic mass is 10.2. The number of hydrogen-bond acceptors (Lipinski definition) is 5. The third-order valence-corrected chi connectivity index (χ3v) is 2.97. The molecule has 0 fully saturated rings. The van der Waals surface area contributed by atoms with Crippen LogP contribution in [-0.2, 0) is 9.53 Å². The fourth-order valence-electron chi connectivity index (χ4n) is 1.82. The highest BCUT2D eigenvalue weighted by atomic mass is 19.1. The van der Waals surface area contributed by atoms with Crippen molar-refractivity contribution in [3.05, 3.63) is 24.0 Å². The second kappa shape index (κ2) is 9.28. The Hall–Kier alpha value is -1.70. The number of amides is 1. The molecule has 1 aromatic carbocycles. The number of nitrogens with one attached hydrogen (secondary N) is 1. The minimum atomic E-state index is -0.445. The molecule has 0 radical (unpaired) electrons. The Morgan fingerprint density at radius 1 is 1.43 bits per heavy atom. The number of halogens is 1. The monoisotopic (exact) mass is 299 g/mol. The van der Waals surface area contributed by atoms with Crippen LogP contribution in [0.4, 0.5) is 15.8 Å². The molecule has 0 aromatic heterocycles. The summed E-state index contributed by atoms with van der Waals surface area (Å²) in [6.45, 7) is 2.18. The van der Waals surface area contributed by atoms with E-state index in [4.69, 9.17) is 15.6 Å². The Labute approximate surface area is 123 Å². The maximum atomic E-state index is 12.9. The van der Waals surface area contributed by atoms with E-state index in [9.17, 15) is 9.18 Å². The number of methoxy groups -OCH3 is 1. The molecule has 0 spiro atoms. The molecule has 21 heavy (non-hydrogen) atoms. The van der Waals surface area contributed by atoms with Crippen molar-refractivity contribution in [2.24, 2.45) is 0 Å². The Kier molecular flexibility index (Phi) is 7.66. The van der Waals surface area contributed by atoms with E-state index in [2.05, 4.69) is 5.32 Å². The van der Waals surface area contributed by atoms with Gasteiger partial charge < -0.3 is 20.9 Å². The highest BCUT2D eigenvalue weighted by molar-refractivity contribution is 5.93. The van der Waals surface area contributed by atoms with E-state index in [0.29, 0.717) is 31.9 Å². The quantitative estimate of drug-likeness (QED) is 0.584. The van der Waals surface area contributed by atoms with E-state index in [1.54, 1.807) is 7.11 Å². The summed E-state index contributed by atoms with van der Waals surface area (Å²) < 4.78 is 17.9. The number of benzene rings is 1. The summed E-state index contributed by atoms with van der Waals surface area (Å²) in [5.41, 5.74) is 6.21. The maximum Gasteiger partial charge on any atom is 0.225 e. The Morgan fingerprint density at radius 3 is 2.81 bits per heavy atom. The van der Waals surface area contributed by atoms with Crippen LogP contribution in [0, 0.1) is 5.82 Å². The number of nitrogens with two attached hydrogens (primary N) is 1. The van der Waals surface area contributed by atoms with Gasteiger partial charge in [0, 0.05) is 33.2 Å². The Balaban J connectivity index is 2.44. The van der Waals surface area contributed by atoms with Crippen LogP contribution in [0.3, 0.4) is 0 Å². The third kappa shape index (κ3) is 6.52. The number of hydrogen-bond donors (Lipinski definition) is 3. The lowest BCUT2D eigenvalue weighted by molar-refractivity contribution is -0.116. The standard InChI is InChI=1S/C14H22FN3O3/c1-21-9-7-18(6-8-19)5-4-14(20)17-13-3-2-11(15)10-12(13)16/h2-3,10,19H,4-9,16H2,1H3,(H,17,20). The lowest BCUT2D eigenvalue weighted by Gasteiger charge is -2.20. The Bertz CT molecular complexity index is 457. The van der Waals surface area contributed by atoms with E-state index in [0.717, 1.165) is 6.07 Å². The number of aliphatic hydroxyl groups is 1. The number of nitrogens with zero attached hydrogens (tertiary/aromatic N) is 1. The molecule has 0 heterocycles. The first-order chi connectivity index (χ1) is 10.1. The summed E-state index contributed by atoms with van der Waals surface area (Å²) >= 11 is 0. The largest absolute Gasteiger partial charge is 0.397 e. The fraction of sp³-hybridized carbons (Fsp3) is 0.500. The minimum Gasteiger partial charge on any atom is -0.397 e. The number of anilines is 2. The highest BCUT2D eigenvalue weighted by Gasteiger charge is 2.09.